The molecule has 1 heterocycles. The third-order valence-electron chi connectivity index (χ3n) is 2.94. The van der Waals surface area contributed by atoms with Crippen molar-refractivity contribution >= 4 is 11.6 Å². The molecule has 0 bridgehead atoms. The number of rotatable bonds is 3. The van der Waals surface area contributed by atoms with Gasteiger partial charge < -0.3 is 11.1 Å². The highest BCUT2D eigenvalue weighted by molar-refractivity contribution is 6.03. The smallest absolute Gasteiger partial charge is 0.232 e. The number of hydrogen-bond donors (Lipinski definition) is 2. The predicted octanol–water partition coefficient (Wildman–Crippen LogP) is 1.77. The van der Waals surface area contributed by atoms with E-state index in [1.165, 1.54) is 5.56 Å². The molecule has 3 N–H and O–H groups in total. The normalized spacial score (nSPS) is 18.8. The zero-order valence-corrected chi connectivity index (χ0v) is 8.92. The summed E-state index contributed by atoms with van der Waals surface area (Å²) in [6, 6.07) is 5.98. The Labute approximate surface area is 89.7 Å². The van der Waals surface area contributed by atoms with Gasteiger partial charge in [-0.1, -0.05) is 12.1 Å². The average Bonchev–Trinajstić information content (AvgIpc) is 2.53. The lowest BCUT2D eigenvalue weighted by Gasteiger charge is -2.09. The fourth-order valence-corrected chi connectivity index (χ4v) is 2.20. The number of anilines is 1. The lowest BCUT2D eigenvalue weighted by molar-refractivity contribution is -0.117. The monoisotopic (exact) mass is 204 g/mol. The zero-order chi connectivity index (χ0) is 10.8. The highest BCUT2D eigenvalue weighted by Gasteiger charge is 2.30. The van der Waals surface area contributed by atoms with E-state index in [1.807, 2.05) is 12.1 Å². The van der Waals surface area contributed by atoms with Gasteiger partial charge in [0.1, 0.15) is 0 Å². The van der Waals surface area contributed by atoms with Gasteiger partial charge in [-0.3, -0.25) is 4.79 Å². The second-order valence-electron chi connectivity index (χ2n) is 4.01. The fourth-order valence-electron chi connectivity index (χ4n) is 2.20. The first kappa shape index (κ1) is 10.2. The van der Waals surface area contributed by atoms with E-state index in [4.69, 9.17) is 5.73 Å². The first-order valence-corrected chi connectivity index (χ1v) is 5.34. The van der Waals surface area contributed by atoms with Gasteiger partial charge in [0.2, 0.25) is 5.91 Å². The highest BCUT2D eigenvalue weighted by atomic mass is 16.2. The molecule has 1 aromatic rings. The van der Waals surface area contributed by atoms with Gasteiger partial charge in [0, 0.05) is 5.69 Å². The van der Waals surface area contributed by atoms with Crippen LogP contribution < -0.4 is 11.1 Å². The molecule has 1 aliphatic heterocycles. The first-order chi connectivity index (χ1) is 7.24. The van der Waals surface area contributed by atoms with Crippen molar-refractivity contribution in [1.82, 2.24) is 0 Å². The number of nitrogens with two attached hydrogens (primary N) is 1. The molecule has 1 amide bonds. The molecule has 0 aromatic heterocycles. The van der Waals surface area contributed by atoms with Crippen molar-refractivity contribution < 1.29 is 4.79 Å². The summed E-state index contributed by atoms with van der Waals surface area (Å²) in [5.41, 5.74) is 8.80. The molecular formula is C12H16N2O. The van der Waals surface area contributed by atoms with Crippen molar-refractivity contribution in [2.24, 2.45) is 5.73 Å². The fraction of sp³-hybridized carbons (Fsp3) is 0.417. The number of carbonyl (C=O) groups is 1. The van der Waals surface area contributed by atoms with Crippen LogP contribution in [0.2, 0.25) is 0 Å². The summed E-state index contributed by atoms with van der Waals surface area (Å²) in [4.78, 5) is 11.7. The summed E-state index contributed by atoms with van der Waals surface area (Å²) in [7, 11) is 0. The van der Waals surface area contributed by atoms with Crippen LogP contribution in [0, 0.1) is 6.92 Å². The minimum atomic E-state index is 0.00440. The number of amides is 1. The molecule has 0 spiro atoms. The quantitative estimate of drug-likeness (QED) is 0.788. The van der Waals surface area contributed by atoms with E-state index in [-0.39, 0.29) is 11.8 Å². The number of hydrogen-bond acceptors (Lipinski definition) is 2. The van der Waals surface area contributed by atoms with Gasteiger partial charge in [-0.05, 0) is 43.5 Å². The van der Waals surface area contributed by atoms with Crippen LogP contribution in [0.1, 0.15) is 29.9 Å². The molecule has 1 aliphatic rings. The average molecular weight is 204 g/mol. The topological polar surface area (TPSA) is 55.1 Å². The van der Waals surface area contributed by atoms with Crippen LogP contribution in [0.3, 0.4) is 0 Å². The van der Waals surface area contributed by atoms with Crippen LogP contribution in [0.5, 0.6) is 0 Å². The van der Waals surface area contributed by atoms with Crippen molar-refractivity contribution in [3.05, 3.63) is 29.3 Å². The summed E-state index contributed by atoms with van der Waals surface area (Å²) in [6.07, 6.45) is 1.74. The van der Waals surface area contributed by atoms with E-state index in [1.54, 1.807) is 0 Å². The number of benzene rings is 1. The lowest BCUT2D eigenvalue weighted by atomic mass is 9.92. The Kier molecular flexibility index (Phi) is 2.73. The van der Waals surface area contributed by atoms with Crippen molar-refractivity contribution in [2.75, 3.05) is 11.9 Å². The molecule has 0 radical (unpaired) electrons. The SMILES string of the molecule is Cc1cccc2c1C(CCCN)C(=O)N2. The van der Waals surface area contributed by atoms with E-state index in [0.29, 0.717) is 6.54 Å². The van der Waals surface area contributed by atoms with Crippen molar-refractivity contribution in [3.63, 3.8) is 0 Å². The van der Waals surface area contributed by atoms with E-state index >= 15 is 0 Å². The summed E-state index contributed by atoms with van der Waals surface area (Å²) in [5.74, 6) is 0.123. The Bertz CT molecular complexity index is 387. The Hall–Kier alpha value is -1.35. The summed E-state index contributed by atoms with van der Waals surface area (Å²) < 4.78 is 0. The highest BCUT2D eigenvalue weighted by Crippen LogP contribution is 2.37. The van der Waals surface area contributed by atoms with Gasteiger partial charge in [-0.2, -0.15) is 0 Å². The zero-order valence-electron chi connectivity index (χ0n) is 8.92. The lowest BCUT2D eigenvalue weighted by Crippen LogP contribution is -2.13. The molecule has 0 saturated carbocycles. The van der Waals surface area contributed by atoms with Crippen LogP contribution in [-0.4, -0.2) is 12.5 Å². The standard InChI is InChI=1S/C12H16N2O/c1-8-4-2-6-10-11(8)9(5-3-7-13)12(15)14-10/h2,4,6,9H,3,5,7,13H2,1H3,(H,14,15). The van der Waals surface area contributed by atoms with Crippen LogP contribution >= 0.6 is 0 Å². The maximum atomic E-state index is 11.7. The van der Waals surface area contributed by atoms with Crippen molar-refractivity contribution in [1.29, 1.82) is 0 Å². The van der Waals surface area contributed by atoms with Gasteiger partial charge in [0.25, 0.3) is 0 Å². The van der Waals surface area contributed by atoms with E-state index < -0.39 is 0 Å². The van der Waals surface area contributed by atoms with Crippen LogP contribution in [-0.2, 0) is 4.79 Å². The Morgan fingerprint density at radius 2 is 2.27 bits per heavy atom. The summed E-state index contributed by atoms with van der Waals surface area (Å²) in [6.45, 7) is 2.69. The molecule has 80 valence electrons. The van der Waals surface area contributed by atoms with Gasteiger partial charge in [-0.15, -0.1) is 0 Å². The minimum absolute atomic E-state index is 0.00440. The molecule has 1 aromatic carbocycles. The molecule has 2 rings (SSSR count). The van der Waals surface area contributed by atoms with E-state index in [2.05, 4.69) is 18.3 Å². The Morgan fingerprint density at radius 1 is 1.47 bits per heavy atom. The van der Waals surface area contributed by atoms with Gasteiger partial charge >= 0.3 is 0 Å². The molecule has 0 saturated heterocycles. The number of fused-ring (bicyclic) bond motifs is 1. The molecule has 0 fully saturated rings. The molecule has 1 atom stereocenters. The second-order valence-corrected chi connectivity index (χ2v) is 4.01. The second kappa shape index (κ2) is 4.03. The van der Waals surface area contributed by atoms with E-state index in [0.717, 1.165) is 24.1 Å². The Morgan fingerprint density at radius 3 is 3.00 bits per heavy atom. The summed E-state index contributed by atoms with van der Waals surface area (Å²) in [5, 5.41) is 2.92. The predicted molar refractivity (Wildman–Crippen MR) is 60.8 cm³/mol. The van der Waals surface area contributed by atoms with Crippen molar-refractivity contribution in [3.8, 4) is 0 Å². The van der Waals surface area contributed by atoms with Crippen molar-refractivity contribution in [2.45, 2.75) is 25.7 Å². The van der Waals surface area contributed by atoms with Gasteiger partial charge in [-0.25, -0.2) is 0 Å². The van der Waals surface area contributed by atoms with Crippen LogP contribution in [0.4, 0.5) is 5.69 Å². The van der Waals surface area contributed by atoms with Gasteiger partial charge in [0.15, 0.2) is 0 Å². The van der Waals surface area contributed by atoms with Gasteiger partial charge in [0.05, 0.1) is 5.92 Å². The molecular weight excluding hydrogens is 188 g/mol. The molecule has 0 aliphatic carbocycles. The Balaban J connectivity index is 2.31. The minimum Gasteiger partial charge on any atom is -0.330 e. The number of aryl methyl sites for hydroxylation is 1. The molecule has 3 nitrogen and oxygen atoms in total. The van der Waals surface area contributed by atoms with E-state index in [9.17, 15) is 4.79 Å². The molecule has 15 heavy (non-hydrogen) atoms. The van der Waals surface area contributed by atoms with Crippen LogP contribution in [0.25, 0.3) is 0 Å². The summed E-state index contributed by atoms with van der Waals surface area (Å²) >= 11 is 0. The third-order valence-corrected chi connectivity index (χ3v) is 2.94. The number of carbonyl (C=O) groups excluding carboxylic acids is 1. The third kappa shape index (κ3) is 1.75. The maximum Gasteiger partial charge on any atom is 0.232 e. The largest absolute Gasteiger partial charge is 0.330 e. The molecule has 1 unspecified atom stereocenters. The first-order valence-electron chi connectivity index (χ1n) is 5.34. The molecule has 3 heteroatoms. The number of nitrogens with one attached hydrogen (secondary N) is 1. The maximum absolute atomic E-state index is 11.7. The van der Waals surface area contributed by atoms with Crippen LogP contribution in [0.15, 0.2) is 18.2 Å².